The number of hydrogen-bond acceptors (Lipinski definition) is 4. The van der Waals surface area contributed by atoms with Crippen molar-refractivity contribution in [3.8, 4) is 5.75 Å². The zero-order valence-corrected chi connectivity index (χ0v) is 18.5. The van der Waals surface area contributed by atoms with Crippen molar-refractivity contribution in [1.29, 1.82) is 0 Å². The summed E-state index contributed by atoms with van der Waals surface area (Å²) < 4.78 is 17.1. The van der Waals surface area contributed by atoms with Gasteiger partial charge >= 0.3 is 0 Å². The summed E-state index contributed by atoms with van der Waals surface area (Å²) >= 11 is 6.36. The van der Waals surface area contributed by atoms with Crippen molar-refractivity contribution in [2.45, 2.75) is 71.0 Å². The molecule has 0 spiro atoms. The molecule has 1 fully saturated rings. The Kier molecular flexibility index (Phi) is 8.17. The van der Waals surface area contributed by atoms with Gasteiger partial charge in [0.15, 0.2) is 0 Å². The predicted octanol–water partition coefficient (Wildman–Crippen LogP) is 5.46. The van der Waals surface area contributed by atoms with Crippen molar-refractivity contribution in [1.82, 2.24) is 0 Å². The lowest BCUT2D eigenvalue weighted by molar-refractivity contribution is -0.146. The van der Waals surface area contributed by atoms with E-state index in [-0.39, 0.29) is 11.5 Å². The van der Waals surface area contributed by atoms with E-state index < -0.39 is 5.60 Å². The molecule has 158 valence electrons. The Morgan fingerprint density at radius 3 is 2.57 bits per heavy atom. The minimum absolute atomic E-state index is 0.0900. The third-order valence-corrected chi connectivity index (χ3v) is 5.92. The Morgan fingerprint density at radius 1 is 1.32 bits per heavy atom. The van der Waals surface area contributed by atoms with Crippen LogP contribution in [0.5, 0.6) is 5.75 Å². The molecule has 1 aromatic carbocycles. The van der Waals surface area contributed by atoms with Gasteiger partial charge in [-0.05, 0) is 70.6 Å². The first-order valence-electron chi connectivity index (χ1n) is 10.1. The summed E-state index contributed by atoms with van der Waals surface area (Å²) in [4.78, 5) is 13.0. The molecular formula is C22H34ClNO4. The van der Waals surface area contributed by atoms with Crippen LogP contribution in [0.2, 0.25) is 5.02 Å². The van der Waals surface area contributed by atoms with E-state index in [9.17, 15) is 4.79 Å². The fourth-order valence-corrected chi connectivity index (χ4v) is 3.63. The number of halogens is 1. The first-order valence-corrected chi connectivity index (χ1v) is 10.5. The largest absolute Gasteiger partial charge is 0.492 e. The number of methoxy groups -OCH3 is 1. The van der Waals surface area contributed by atoms with Crippen LogP contribution in [-0.4, -0.2) is 37.4 Å². The number of nitrogens with one attached hydrogen (secondary N) is 1. The van der Waals surface area contributed by atoms with Crippen LogP contribution in [0.1, 0.15) is 59.8 Å². The molecule has 1 aromatic rings. The van der Waals surface area contributed by atoms with Gasteiger partial charge in [0.05, 0.1) is 17.2 Å². The molecule has 2 rings (SSSR count). The van der Waals surface area contributed by atoms with Gasteiger partial charge in [0, 0.05) is 25.8 Å². The van der Waals surface area contributed by atoms with E-state index in [1.807, 2.05) is 26.8 Å². The lowest BCUT2D eigenvalue weighted by Gasteiger charge is -2.37. The van der Waals surface area contributed by atoms with Crippen molar-refractivity contribution in [2.24, 2.45) is 5.92 Å². The Balaban J connectivity index is 2.00. The predicted molar refractivity (Wildman–Crippen MR) is 113 cm³/mol. The van der Waals surface area contributed by atoms with E-state index in [0.717, 1.165) is 32.1 Å². The van der Waals surface area contributed by atoms with Crippen molar-refractivity contribution in [3.05, 3.63) is 23.2 Å². The molecule has 1 saturated carbocycles. The lowest BCUT2D eigenvalue weighted by Crippen LogP contribution is -2.48. The van der Waals surface area contributed by atoms with Crippen LogP contribution in [0.3, 0.4) is 0 Å². The highest BCUT2D eigenvalue weighted by molar-refractivity contribution is 6.32. The third-order valence-electron chi connectivity index (χ3n) is 5.62. The molecule has 1 amide bonds. The minimum atomic E-state index is -0.741. The lowest BCUT2D eigenvalue weighted by atomic mass is 9.78. The second kappa shape index (κ2) is 9.95. The fourth-order valence-electron chi connectivity index (χ4n) is 3.39. The molecule has 28 heavy (non-hydrogen) atoms. The number of carbonyl (C=O) groups excluding carboxylic acids is 1. The van der Waals surface area contributed by atoms with Gasteiger partial charge in [0.2, 0.25) is 0 Å². The number of ether oxygens (including phenoxy) is 3. The number of benzene rings is 1. The molecule has 0 radical (unpaired) electrons. The van der Waals surface area contributed by atoms with E-state index in [1.165, 1.54) is 0 Å². The SMILES string of the molecule is CCOC1(C(=O)Nc2ccc(OCCC(C)(C)OC)c(Cl)c2)CCC(C)CC1. The van der Waals surface area contributed by atoms with E-state index in [2.05, 4.69) is 12.2 Å². The number of carbonyl (C=O) groups is 1. The molecule has 0 heterocycles. The number of amides is 1. The molecule has 0 saturated heterocycles. The summed E-state index contributed by atoms with van der Waals surface area (Å²) in [5.41, 5.74) is -0.336. The molecule has 5 nitrogen and oxygen atoms in total. The van der Waals surface area contributed by atoms with Crippen LogP contribution >= 0.6 is 11.6 Å². The molecule has 0 atom stereocenters. The fraction of sp³-hybridized carbons (Fsp3) is 0.682. The number of hydrogen-bond donors (Lipinski definition) is 1. The minimum Gasteiger partial charge on any atom is -0.492 e. The van der Waals surface area contributed by atoms with Gasteiger partial charge < -0.3 is 19.5 Å². The van der Waals surface area contributed by atoms with Gasteiger partial charge in [-0.15, -0.1) is 0 Å². The van der Waals surface area contributed by atoms with Gasteiger partial charge in [-0.1, -0.05) is 18.5 Å². The summed E-state index contributed by atoms with van der Waals surface area (Å²) in [6.45, 7) is 9.19. The van der Waals surface area contributed by atoms with Gasteiger partial charge in [0.1, 0.15) is 11.4 Å². The average molecular weight is 412 g/mol. The second-order valence-corrected chi connectivity index (χ2v) is 8.68. The molecule has 0 bridgehead atoms. The molecule has 6 heteroatoms. The first kappa shape index (κ1) is 23.0. The van der Waals surface area contributed by atoms with Crippen molar-refractivity contribution in [3.63, 3.8) is 0 Å². The van der Waals surface area contributed by atoms with Crippen molar-refractivity contribution in [2.75, 3.05) is 25.6 Å². The van der Waals surface area contributed by atoms with Crippen LogP contribution in [-0.2, 0) is 14.3 Å². The standard InChI is InChI=1S/C22H34ClNO4/c1-6-28-22(11-9-16(2)10-12-22)20(25)24-17-7-8-19(18(23)15-17)27-14-13-21(3,4)26-5/h7-8,15-16H,6,9-14H2,1-5H3,(H,24,25). The Bertz CT molecular complexity index is 654. The highest BCUT2D eigenvalue weighted by Gasteiger charge is 2.41. The second-order valence-electron chi connectivity index (χ2n) is 8.27. The average Bonchev–Trinajstić information content (AvgIpc) is 2.65. The Labute approximate surface area is 174 Å². The maximum atomic E-state index is 13.0. The summed E-state index contributed by atoms with van der Waals surface area (Å²) in [6.07, 6.45) is 4.24. The number of rotatable bonds is 9. The van der Waals surface area contributed by atoms with Crippen LogP contribution in [0.4, 0.5) is 5.69 Å². The highest BCUT2D eigenvalue weighted by Crippen LogP contribution is 2.36. The molecule has 0 aromatic heterocycles. The zero-order valence-electron chi connectivity index (χ0n) is 17.8. The first-order chi connectivity index (χ1) is 13.2. The maximum Gasteiger partial charge on any atom is 0.256 e. The maximum absolute atomic E-state index is 13.0. The third kappa shape index (κ3) is 6.10. The quantitative estimate of drug-likeness (QED) is 0.586. The smallest absolute Gasteiger partial charge is 0.256 e. The van der Waals surface area contributed by atoms with Crippen LogP contribution in [0.15, 0.2) is 18.2 Å². The molecule has 1 N–H and O–H groups in total. The zero-order chi connectivity index (χ0) is 20.8. The van der Waals surface area contributed by atoms with E-state index in [1.54, 1.807) is 19.2 Å². The van der Waals surface area contributed by atoms with E-state index in [4.69, 9.17) is 25.8 Å². The summed E-state index contributed by atoms with van der Waals surface area (Å²) in [6, 6.07) is 5.32. The summed E-state index contributed by atoms with van der Waals surface area (Å²) in [5, 5.41) is 3.45. The summed E-state index contributed by atoms with van der Waals surface area (Å²) in [5.74, 6) is 1.14. The van der Waals surface area contributed by atoms with Crippen molar-refractivity contribution < 1.29 is 19.0 Å². The van der Waals surface area contributed by atoms with E-state index >= 15 is 0 Å². The molecule has 0 aliphatic heterocycles. The van der Waals surface area contributed by atoms with Crippen LogP contribution in [0, 0.1) is 5.92 Å². The van der Waals surface area contributed by atoms with Crippen molar-refractivity contribution >= 4 is 23.2 Å². The molecule has 1 aliphatic rings. The van der Waals surface area contributed by atoms with Gasteiger partial charge in [-0.25, -0.2) is 0 Å². The Hall–Kier alpha value is -1.30. The molecule has 1 aliphatic carbocycles. The van der Waals surface area contributed by atoms with Crippen LogP contribution < -0.4 is 10.1 Å². The van der Waals surface area contributed by atoms with Gasteiger partial charge in [0.25, 0.3) is 5.91 Å². The molecular weight excluding hydrogens is 378 g/mol. The molecule has 0 unspecified atom stereocenters. The highest BCUT2D eigenvalue weighted by atomic mass is 35.5. The topological polar surface area (TPSA) is 56.8 Å². The Morgan fingerprint density at radius 2 is 2.00 bits per heavy atom. The van der Waals surface area contributed by atoms with Gasteiger partial charge in [-0.3, -0.25) is 4.79 Å². The normalized spacial score (nSPS) is 22.7. The van der Waals surface area contributed by atoms with E-state index in [0.29, 0.717) is 35.6 Å². The monoisotopic (exact) mass is 411 g/mol. The van der Waals surface area contributed by atoms with Gasteiger partial charge in [-0.2, -0.15) is 0 Å². The van der Waals surface area contributed by atoms with Crippen LogP contribution in [0.25, 0.3) is 0 Å². The summed E-state index contributed by atoms with van der Waals surface area (Å²) in [7, 11) is 1.69. The number of anilines is 1.